The molecule has 2 saturated heterocycles. The van der Waals surface area contributed by atoms with Crippen molar-refractivity contribution in [2.75, 3.05) is 0 Å². The van der Waals surface area contributed by atoms with Crippen molar-refractivity contribution in [1.29, 1.82) is 0 Å². The first kappa shape index (κ1) is 17.6. The maximum absolute atomic E-state index is 13.5. The minimum Gasteiger partial charge on any atom is -0.294 e. The summed E-state index contributed by atoms with van der Waals surface area (Å²) in [5, 5.41) is 2.09. The van der Waals surface area contributed by atoms with E-state index < -0.39 is 0 Å². The zero-order chi connectivity index (χ0) is 18.9. The Morgan fingerprint density at radius 2 is 1.75 bits per heavy atom. The van der Waals surface area contributed by atoms with Crippen molar-refractivity contribution in [2.24, 2.45) is 5.92 Å². The smallest absolute Gasteiger partial charge is 0.166 e. The fourth-order valence-corrected chi connectivity index (χ4v) is 5.29. The molecule has 3 aromatic rings. The highest BCUT2D eigenvalue weighted by molar-refractivity contribution is 6.08. The van der Waals surface area contributed by atoms with Crippen LogP contribution in [0.1, 0.15) is 48.0 Å². The number of pyridine rings is 1. The third-order valence-electron chi connectivity index (χ3n) is 6.65. The third-order valence-corrected chi connectivity index (χ3v) is 6.65. The normalized spacial score (nSPS) is 24.9. The molecule has 2 bridgehead atoms. The van der Waals surface area contributed by atoms with Gasteiger partial charge in [-0.15, -0.1) is 0 Å². The second kappa shape index (κ2) is 7.48. The summed E-state index contributed by atoms with van der Waals surface area (Å²) >= 11 is 0. The van der Waals surface area contributed by atoms with Crippen LogP contribution in [0.25, 0.3) is 10.8 Å². The second-order valence-electron chi connectivity index (χ2n) is 8.33. The van der Waals surface area contributed by atoms with E-state index in [-0.39, 0.29) is 5.92 Å². The minimum atomic E-state index is 0.133. The molecule has 5 rings (SSSR count). The summed E-state index contributed by atoms with van der Waals surface area (Å²) in [5.41, 5.74) is 2.23. The van der Waals surface area contributed by atoms with Crippen LogP contribution in [-0.2, 0) is 6.54 Å². The quantitative estimate of drug-likeness (QED) is 0.588. The maximum atomic E-state index is 13.5. The molecule has 0 spiro atoms. The Labute approximate surface area is 166 Å². The van der Waals surface area contributed by atoms with Crippen LogP contribution in [0, 0.1) is 5.92 Å². The van der Waals surface area contributed by atoms with Gasteiger partial charge in [0.05, 0.1) is 0 Å². The average molecular weight is 370 g/mol. The predicted molar refractivity (Wildman–Crippen MR) is 112 cm³/mol. The summed E-state index contributed by atoms with van der Waals surface area (Å²) in [7, 11) is 0. The zero-order valence-electron chi connectivity index (χ0n) is 16.1. The fourth-order valence-electron chi connectivity index (χ4n) is 5.29. The largest absolute Gasteiger partial charge is 0.294 e. The van der Waals surface area contributed by atoms with Crippen LogP contribution < -0.4 is 0 Å². The number of aromatic nitrogens is 1. The van der Waals surface area contributed by atoms with Gasteiger partial charge in [-0.25, -0.2) is 0 Å². The van der Waals surface area contributed by atoms with Gasteiger partial charge in [0.2, 0.25) is 0 Å². The maximum Gasteiger partial charge on any atom is 0.166 e. The van der Waals surface area contributed by atoms with Crippen LogP contribution in [0.3, 0.4) is 0 Å². The fraction of sp³-hybridized carbons (Fsp3) is 0.360. The van der Waals surface area contributed by atoms with Crippen LogP contribution >= 0.6 is 0 Å². The molecule has 0 amide bonds. The molecule has 0 radical (unpaired) electrons. The molecule has 2 aliphatic heterocycles. The Morgan fingerprint density at radius 3 is 2.54 bits per heavy atom. The van der Waals surface area contributed by atoms with Gasteiger partial charge in [0.15, 0.2) is 5.78 Å². The van der Waals surface area contributed by atoms with Gasteiger partial charge in [-0.05, 0) is 42.7 Å². The highest BCUT2D eigenvalue weighted by Gasteiger charge is 2.40. The number of piperidine rings is 2. The van der Waals surface area contributed by atoms with Crippen LogP contribution in [0.15, 0.2) is 67.0 Å². The Kier molecular flexibility index (Phi) is 4.69. The van der Waals surface area contributed by atoms with E-state index in [4.69, 9.17) is 0 Å². The highest BCUT2D eigenvalue weighted by Crippen LogP contribution is 2.39. The number of ketones is 1. The average Bonchev–Trinajstić information content (AvgIpc) is 2.73. The van der Waals surface area contributed by atoms with Crippen molar-refractivity contribution >= 4 is 16.6 Å². The number of carbonyl (C=O) groups is 1. The van der Waals surface area contributed by atoms with Crippen molar-refractivity contribution in [3.8, 4) is 0 Å². The first-order valence-corrected chi connectivity index (χ1v) is 10.5. The molecule has 142 valence electrons. The van der Waals surface area contributed by atoms with Gasteiger partial charge in [-0.1, -0.05) is 55.0 Å². The van der Waals surface area contributed by atoms with Crippen LogP contribution in [0.2, 0.25) is 0 Å². The molecule has 3 heteroatoms. The van der Waals surface area contributed by atoms with Crippen molar-refractivity contribution in [3.63, 3.8) is 0 Å². The first-order chi connectivity index (χ1) is 13.8. The highest BCUT2D eigenvalue weighted by atomic mass is 16.1. The molecule has 2 aliphatic rings. The number of fused-ring (bicyclic) bond motifs is 3. The molecule has 28 heavy (non-hydrogen) atoms. The van der Waals surface area contributed by atoms with Gasteiger partial charge >= 0.3 is 0 Å². The van der Waals surface area contributed by atoms with E-state index in [1.165, 1.54) is 24.8 Å². The number of benzene rings is 2. The molecular weight excluding hydrogens is 344 g/mol. The van der Waals surface area contributed by atoms with Gasteiger partial charge in [0.1, 0.15) is 0 Å². The number of Topliss-reactive ketones (excluding diaryl/α,β-unsaturated/α-hetero) is 1. The predicted octanol–water partition coefficient (Wildman–Crippen LogP) is 5.25. The molecule has 0 aliphatic carbocycles. The summed E-state index contributed by atoms with van der Waals surface area (Å²) in [6, 6.07) is 19.8. The topological polar surface area (TPSA) is 33.2 Å². The summed E-state index contributed by atoms with van der Waals surface area (Å²) in [4.78, 5) is 20.4. The summed E-state index contributed by atoms with van der Waals surface area (Å²) in [6.45, 7) is 1.01. The standard InChI is InChI=1S/C25H26N2O/c28-25(23-11-4-8-19-12-13-26-16-24(19)23)20-14-21-9-5-10-22(15-20)27(21)17-18-6-2-1-3-7-18/h1-4,6-8,11-13,16,20-22H,5,9-10,14-15,17H2. The summed E-state index contributed by atoms with van der Waals surface area (Å²) < 4.78 is 0. The van der Waals surface area contributed by atoms with E-state index >= 15 is 0 Å². The van der Waals surface area contributed by atoms with E-state index in [1.807, 2.05) is 24.4 Å². The van der Waals surface area contributed by atoms with Gasteiger partial charge in [0.25, 0.3) is 0 Å². The minimum absolute atomic E-state index is 0.133. The molecule has 2 unspecified atom stereocenters. The second-order valence-corrected chi connectivity index (χ2v) is 8.33. The number of rotatable bonds is 4. The molecule has 2 aromatic carbocycles. The lowest BCUT2D eigenvalue weighted by atomic mass is 9.75. The molecule has 1 aromatic heterocycles. The lowest BCUT2D eigenvalue weighted by Gasteiger charge is -2.48. The van der Waals surface area contributed by atoms with Gasteiger partial charge in [0, 0.05) is 47.9 Å². The SMILES string of the molecule is O=C(c1cccc2ccncc12)C1CC2CCCC(C1)N2Cc1ccccc1. The van der Waals surface area contributed by atoms with E-state index in [9.17, 15) is 4.79 Å². The van der Waals surface area contributed by atoms with Crippen molar-refractivity contribution in [1.82, 2.24) is 9.88 Å². The van der Waals surface area contributed by atoms with Gasteiger partial charge in [-0.3, -0.25) is 14.7 Å². The van der Waals surface area contributed by atoms with Crippen molar-refractivity contribution < 1.29 is 4.79 Å². The lowest BCUT2D eigenvalue weighted by molar-refractivity contribution is 0.00911. The molecule has 0 saturated carbocycles. The van der Waals surface area contributed by atoms with E-state index in [2.05, 4.69) is 46.3 Å². The Morgan fingerprint density at radius 1 is 0.964 bits per heavy atom. The summed E-state index contributed by atoms with van der Waals surface area (Å²) in [5.74, 6) is 0.447. The first-order valence-electron chi connectivity index (χ1n) is 10.5. The zero-order valence-corrected chi connectivity index (χ0v) is 16.1. The van der Waals surface area contributed by atoms with E-state index in [1.54, 1.807) is 6.20 Å². The Bertz CT molecular complexity index is 965. The molecule has 3 heterocycles. The number of hydrogen-bond donors (Lipinski definition) is 0. The van der Waals surface area contributed by atoms with E-state index in [0.717, 1.165) is 35.7 Å². The monoisotopic (exact) mass is 370 g/mol. The van der Waals surface area contributed by atoms with Crippen LogP contribution in [0.4, 0.5) is 0 Å². The Balaban J connectivity index is 1.39. The molecular formula is C25H26N2O. The van der Waals surface area contributed by atoms with Crippen molar-refractivity contribution in [3.05, 3.63) is 78.1 Å². The van der Waals surface area contributed by atoms with Crippen molar-refractivity contribution in [2.45, 2.75) is 50.7 Å². The van der Waals surface area contributed by atoms with Crippen LogP contribution in [-0.4, -0.2) is 27.8 Å². The molecule has 2 fully saturated rings. The summed E-state index contributed by atoms with van der Waals surface area (Å²) in [6.07, 6.45) is 9.32. The third kappa shape index (κ3) is 3.24. The van der Waals surface area contributed by atoms with E-state index in [0.29, 0.717) is 17.9 Å². The molecule has 3 nitrogen and oxygen atoms in total. The van der Waals surface area contributed by atoms with Crippen LogP contribution in [0.5, 0.6) is 0 Å². The number of nitrogens with zero attached hydrogens (tertiary/aromatic N) is 2. The molecule has 0 N–H and O–H groups in total. The van der Waals surface area contributed by atoms with Gasteiger partial charge < -0.3 is 0 Å². The van der Waals surface area contributed by atoms with Gasteiger partial charge in [-0.2, -0.15) is 0 Å². The number of hydrogen-bond acceptors (Lipinski definition) is 3. The Hall–Kier alpha value is -2.52. The number of carbonyl (C=O) groups excluding carboxylic acids is 1. The molecule has 2 atom stereocenters. The lowest BCUT2D eigenvalue weighted by Crippen LogP contribution is -2.52.